The molecule has 7 heteroatoms. The van der Waals surface area contributed by atoms with Gasteiger partial charge in [0.05, 0.1) is 11.8 Å². The average Bonchev–Trinajstić information content (AvgIpc) is 3.22. The van der Waals surface area contributed by atoms with E-state index in [1.54, 1.807) is 13.2 Å². The quantitative estimate of drug-likeness (QED) is 0.688. The Hall–Kier alpha value is -2.83. The molecule has 0 saturated carbocycles. The second-order valence-electron chi connectivity index (χ2n) is 7.30. The van der Waals surface area contributed by atoms with Gasteiger partial charge in [-0.1, -0.05) is 13.8 Å². The van der Waals surface area contributed by atoms with E-state index in [9.17, 15) is 9.59 Å². The van der Waals surface area contributed by atoms with E-state index in [4.69, 9.17) is 8.83 Å². The van der Waals surface area contributed by atoms with Crippen molar-refractivity contribution in [3.63, 3.8) is 0 Å². The molecule has 1 amide bonds. The highest BCUT2D eigenvalue weighted by atomic mass is 16.3. The van der Waals surface area contributed by atoms with Gasteiger partial charge in [-0.2, -0.15) is 0 Å². The van der Waals surface area contributed by atoms with Gasteiger partial charge in [-0.05, 0) is 38.3 Å². The summed E-state index contributed by atoms with van der Waals surface area (Å²) in [5.74, 6) is 1.24. The Morgan fingerprint density at radius 2 is 2.11 bits per heavy atom. The summed E-state index contributed by atoms with van der Waals surface area (Å²) in [6.45, 7) is 8.17. The molecule has 1 N–H and O–H groups in total. The van der Waals surface area contributed by atoms with Crippen molar-refractivity contribution in [1.82, 2.24) is 14.9 Å². The Bertz CT molecular complexity index is 983. The van der Waals surface area contributed by atoms with E-state index < -0.39 is 0 Å². The summed E-state index contributed by atoms with van der Waals surface area (Å²) < 4.78 is 12.4. The van der Waals surface area contributed by atoms with Crippen molar-refractivity contribution in [3.05, 3.63) is 52.2 Å². The maximum atomic E-state index is 12.8. The zero-order valence-corrected chi connectivity index (χ0v) is 16.1. The molecule has 1 atom stereocenters. The smallest absolute Gasteiger partial charge is 0.265 e. The first-order valence-electron chi connectivity index (χ1n) is 9.18. The normalized spacial score (nSPS) is 12.6. The van der Waals surface area contributed by atoms with E-state index in [1.807, 2.05) is 32.9 Å². The summed E-state index contributed by atoms with van der Waals surface area (Å²) in [5.41, 5.74) is 0.218. The minimum absolute atomic E-state index is 0.0819. The van der Waals surface area contributed by atoms with Gasteiger partial charge in [0.15, 0.2) is 0 Å². The van der Waals surface area contributed by atoms with E-state index in [-0.39, 0.29) is 40.1 Å². The molecule has 3 aromatic rings. The maximum absolute atomic E-state index is 12.8. The predicted molar refractivity (Wildman–Crippen MR) is 102 cm³/mol. The fourth-order valence-corrected chi connectivity index (χ4v) is 3.12. The Morgan fingerprint density at radius 1 is 1.33 bits per heavy atom. The maximum Gasteiger partial charge on any atom is 0.265 e. The lowest BCUT2D eigenvalue weighted by molar-refractivity contribution is 0.0938. The van der Waals surface area contributed by atoms with Crippen LogP contribution in [0, 0.1) is 12.8 Å². The van der Waals surface area contributed by atoms with Crippen LogP contribution < -0.4 is 10.9 Å². The number of fused-ring (bicyclic) bond motifs is 1. The molecular weight excluding hydrogens is 346 g/mol. The summed E-state index contributed by atoms with van der Waals surface area (Å²) in [4.78, 5) is 29.9. The van der Waals surface area contributed by atoms with Crippen molar-refractivity contribution in [3.8, 4) is 0 Å². The zero-order valence-electron chi connectivity index (χ0n) is 16.1. The van der Waals surface area contributed by atoms with Gasteiger partial charge in [0.1, 0.15) is 23.2 Å². The van der Waals surface area contributed by atoms with Crippen molar-refractivity contribution in [1.29, 1.82) is 0 Å². The second-order valence-corrected chi connectivity index (χ2v) is 7.30. The van der Waals surface area contributed by atoms with E-state index in [0.29, 0.717) is 12.3 Å². The Balaban J connectivity index is 1.83. The summed E-state index contributed by atoms with van der Waals surface area (Å²) in [6, 6.07) is 3.67. The fraction of sp³-hybridized carbons (Fsp3) is 0.450. The molecule has 1 unspecified atom stereocenters. The van der Waals surface area contributed by atoms with Crippen LogP contribution >= 0.6 is 0 Å². The number of aryl methyl sites for hydroxylation is 2. The van der Waals surface area contributed by atoms with Crippen LogP contribution in [0.25, 0.3) is 11.1 Å². The van der Waals surface area contributed by atoms with Crippen molar-refractivity contribution in [2.45, 2.75) is 53.1 Å². The largest absolute Gasteiger partial charge is 0.469 e. The van der Waals surface area contributed by atoms with Gasteiger partial charge < -0.3 is 14.2 Å². The number of aromatic nitrogens is 2. The van der Waals surface area contributed by atoms with Gasteiger partial charge >= 0.3 is 0 Å². The van der Waals surface area contributed by atoms with Gasteiger partial charge in [0, 0.05) is 19.0 Å². The number of amides is 1. The van der Waals surface area contributed by atoms with Crippen LogP contribution in [0.1, 0.15) is 49.1 Å². The Morgan fingerprint density at radius 3 is 2.78 bits per heavy atom. The molecule has 0 spiro atoms. The zero-order chi connectivity index (χ0) is 19.6. The molecule has 0 fully saturated rings. The van der Waals surface area contributed by atoms with Crippen LogP contribution in [-0.4, -0.2) is 21.5 Å². The second kappa shape index (κ2) is 7.82. The van der Waals surface area contributed by atoms with E-state index in [2.05, 4.69) is 10.3 Å². The summed E-state index contributed by atoms with van der Waals surface area (Å²) in [5, 5.41) is 3.19. The molecule has 3 heterocycles. The third kappa shape index (κ3) is 4.13. The molecular formula is C20H25N3O4. The van der Waals surface area contributed by atoms with Crippen LogP contribution in [0.2, 0.25) is 0 Å². The van der Waals surface area contributed by atoms with Crippen molar-refractivity contribution in [2.24, 2.45) is 5.92 Å². The number of carbonyl (C=O) groups is 1. The van der Waals surface area contributed by atoms with Gasteiger partial charge in [0.2, 0.25) is 5.71 Å². The topological polar surface area (TPSA) is 90.3 Å². The minimum Gasteiger partial charge on any atom is -0.469 e. The van der Waals surface area contributed by atoms with Crippen molar-refractivity contribution < 1.29 is 13.6 Å². The predicted octanol–water partition coefficient (Wildman–Crippen LogP) is 3.30. The highest BCUT2D eigenvalue weighted by Gasteiger charge is 2.24. The minimum atomic E-state index is -0.320. The summed E-state index contributed by atoms with van der Waals surface area (Å²) in [6.07, 6.45) is 4.56. The molecule has 0 aliphatic carbocycles. The Labute approximate surface area is 157 Å². The number of nitrogens with zero attached hydrogens (tertiary/aromatic N) is 2. The van der Waals surface area contributed by atoms with Crippen LogP contribution in [0.5, 0.6) is 0 Å². The van der Waals surface area contributed by atoms with Crippen LogP contribution in [0.4, 0.5) is 0 Å². The number of hydrogen-bond donors (Lipinski definition) is 1. The van der Waals surface area contributed by atoms with Crippen molar-refractivity contribution >= 4 is 17.0 Å². The van der Waals surface area contributed by atoms with Gasteiger partial charge in [0.25, 0.3) is 11.5 Å². The molecule has 0 aliphatic rings. The molecule has 3 rings (SSSR count). The van der Waals surface area contributed by atoms with Crippen molar-refractivity contribution in [2.75, 3.05) is 0 Å². The first-order valence-corrected chi connectivity index (χ1v) is 9.18. The molecule has 0 saturated heterocycles. The Kier molecular flexibility index (Phi) is 5.48. The number of carbonyl (C=O) groups excluding carboxylic acids is 1. The molecule has 7 nitrogen and oxygen atoms in total. The van der Waals surface area contributed by atoms with E-state index >= 15 is 0 Å². The summed E-state index contributed by atoms with van der Waals surface area (Å²) >= 11 is 0. The number of furan rings is 2. The van der Waals surface area contributed by atoms with Crippen LogP contribution in [0.3, 0.4) is 0 Å². The van der Waals surface area contributed by atoms with E-state index in [1.165, 1.54) is 10.9 Å². The van der Waals surface area contributed by atoms with Crippen LogP contribution in [0.15, 0.2) is 38.4 Å². The molecule has 3 aromatic heterocycles. The molecule has 144 valence electrons. The van der Waals surface area contributed by atoms with Crippen LogP contribution in [-0.2, 0) is 13.0 Å². The third-order valence-electron chi connectivity index (χ3n) is 4.43. The lowest BCUT2D eigenvalue weighted by Gasteiger charge is -2.13. The lowest BCUT2D eigenvalue weighted by Crippen LogP contribution is -2.34. The van der Waals surface area contributed by atoms with Gasteiger partial charge in [-0.3, -0.25) is 14.2 Å². The lowest BCUT2D eigenvalue weighted by atomic mass is 10.1. The fourth-order valence-electron chi connectivity index (χ4n) is 3.12. The monoisotopic (exact) mass is 371 g/mol. The number of rotatable bonds is 7. The van der Waals surface area contributed by atoms with Gasteiger partial charge in [-0.25, -0.2) is 4.98 Å². The highest BCUT2D eigenvalue weighted by Crippen LogP contribution is 2.21. The average molecular weight is 371 g/mol. The van der Waals surface area contributed by atoms with E-state index in [0.717, 1.165) is 18.6 Å². The molecule has 0 bridgehead atoms. The first-order chi connectivity index (χ1) is 12.9. The number of hydrogen-bond acceptors (Lipinski definition) is 5. The third-order valence-corrected chi connectivity index (χ3v) is 4.43. The highest BCUT2D eigenvalue weighted by molar-refractivity contribution is 6.06. The molecule has 0 aliphatic heterocycles. The standard InChI is InChI=1S/C20H25N3O4/c1-12(2)10-23-11-21-19-17(20(23)25)16(14(4)27-19)18(24)22-13(3)7-8-15-6-5-9-26-15/h5-6,9,11-13H,7-8,10H2,1-4H3,(H,22,24). The first kappa shape index (κ1) is 18.9. The SMILES string of the molecule is Cc1oc2ncn(CC(C)C)c(=O)c2c1C(=O)NC(C)CCc1ccco1. The van der Waals surface area contributed by atoms with Gasteiger partial charge in [-0.15, -0.1) is 0 Å². The molecule has 27 heavy (non-hydrogen) atoms. The number of nitrogens with one attached hydrogen (secondary N) is 1. The molecule has 0 radical (unpaired) electrons. The summed E-state index contributed by atoms with van der Waals surface area (Å²) in [7, 11) is 0. The molecule has 0 aromatic carbocycles.